The molecule has 1 atom stereocenters. The third-order valence-electron chi connectivity index (χ3n) is 3.55. The molecule has 108 valence electrons. The molecule has 1 heterocycles. The van der Waals surface area contributed by atoms with Crippen LogP contribution in [0.5, 0.6) is 0 Å². The van der Waals surface area contributed by atoms with Gasteiger partial charge in [-0.1, -0.05) is 45.9 Å². The molecular formula is C17H20BrClS. The molecule has 0 aliphatic carbocycles. The fourth-order valence-electron chi connectivity index (χ4n) is 2.32. The number of halogens is 2. The number of benzene rings is 1. The summed E-state index contributed by atoms with van der Waals surface area (Å²) in [6.45, 7) is 8.92. The number of hydrogen-bond acceptors (Lipinski definition) is 1. The Kier molecular flexibility index (Phi) is 5.33. The maximum absolute atomic E-state index is 6.71. The predicted molar refractivity (Wildman–Crippen MR) is 94.3 cm³/mol. The van der Waals surface area contributed by atoms with Crippen LogP contribution in [-0.2, 0) is 0 Å². The van der Waals surface area contributed by atoms with E-state index in [2.05, 4.69) is 73.3 Å². The van der Waals surface area contributed by atoms with Gasteiger partial charge in [0.25, 0.3) is 0 Å². The van der Waals surface area contributed by atoms with Crippen LogP contribution in [0, 0.1) is 0 Å². The fraction of sp³-hybridized carbons (Fsp3) is 0.412. The lowest BCUT2D eigenvalue weighted by molar-refractivity contribution is 0.819. The molecule has 0 amide bonds. The maximum atomic E-state index is 6.71. The van der Waals surface area contributed by atoms with Gasteiger partial charge in [0.2, 0.25) is 0 Å². The smallest absolute Gasteiger partial charge is 0.0846 e. The molecule has 0 N–H and O–H groups in total. The standard InChI is InChI=1S/C17H20BrClS/c1-10(2)12-5-6-14(15(7-12)11(3)4)17(19)13-8-16(18)20-9-13/h5-11,17H,1-4H3. The van der Waals surface area contributed by atoms with Crippen LogP contribution < -0.4 is 0 Å². The van der Waals surface area contributed by atoms with Gasteiger partial charge in [-0.15, -0.1) is 22.9 Å². The van der Waals surface area contributed by atoms with Gasteiger partial charge < -0.3 is 0 Å². The van der Waals surface area contributed by atoms with E-state index in [-0.39, 0.29) is 5.38 Å². The summed E-state index contributed by atoms with van der Waals surface area (Å²) in [6.07, 6.45) is 0. The van der Waals surface area contributed by atoms with Gasteiger partial charge in [-0.25, -0.2) is 0 Å². The third kappa shape index (κ3) is 3.47. The van der Waals surface area contributed by atoms with Crippen molar-refractivity contribution in [1.29, 1.82) is 0 Å². The van der Waals surface area contributed by atoms with E-state index < -0.39 is 0 Å². The van der Waals surface area contributed by atoms with Crippen LogP contribution in [0.15, 0.2) is 33.4 Å². The van der Waals surface area contributed by atoms with Gasteiger partial charge in [-0.3, -0.25) is 0 Å². The summed E-state index contributed by atoms with van der Waals surface area (Å²) < 4.78 is 1.13. The lowest BCUT2D eigenvalue weighted by Crippen LogP contribution is -2.02. The fourth-order valence-corrected chi connectivity index (χ4v) is 3.92. The number of alkyl halides is 1. The Hall–Kier alpha value is -0.310. The van der Waals surface area contributed by atoms with Crippen molar-refractivity contribution in [3.63, 3.8) is 0 Å². The summed E-state index contributed by atoms with van der Waals surface area (Å²) in [6, 6.07) is 8.85. The number of hydrogen-bond donors (Lipinski definition) is 0. The first-order valence-corrected chi connectivity index (χ1v) is 9.02. The quantitative estimate of drug-likeness (QED) is 0.503. The Morgan fingerprint density at radius 2 is 1.65 bits per heavy atom. The molecule has 0 bridgehead atoms. The number of thiophene rings is 1. The van der Waals surface area contributed by atoms with Gasteiger partial charge in [0, 0.05) is 0 Å². The van der Waals surface area contributed by atoms with Crippen molar-refractivity contribution in [2.45, 2.75) is 44.9 Å². The second-order valence-electron chi connectivity index (χ2n) is 5.74. The molecule has 0 aliphatic rings. The molecule has 0 fully saturated rings. The van der Waals surface area contributed by atoms with Gasteiger partial charge in [0.1, 0.15) is 0 Å². The molecule has 3 heteroatoms. The minimum absolute atomic E-state index is 0.0730. The molecule has 0 aliphatic heterocycles. The van der Waals surface area contributed by atoms with Crippen molar-refractivity contribution in [2.24, 2.45) is 0 Å². The molecule has 0 nitrogen and oxygen atoms in total. The average Bonchev–Trinajstić information content (AvgIpc) is 2.83. The van der Waals surface area contributed by atoms with E-state index in [1.165, 1.54) is 22.3 Å². The molecule has 20 heavy (non-hydrogen) atoms. The van der Waals surface area contributed by atoms with Crippen molar-refractivity contribution in [3.8, 4) is 0 Å². The molecular weight excluding hydrogens is 352 g/mol. The van der Waals surface area contributed by atoms with E-state index in [4.69, 9.17) is 11.6 Å². The van der Waals surface area contributed by atoms with Crippen molar-refractivity contribution in [3.05, 3.63) is 55.7 Å². The Morgan fingerprint density at radius 1 is 0.950 bits per heavy atom. The summed E-state index contributed by atoms with van der Waals surface area (Å²) in [5, 5.41) is 2.05. The first-order valence-electron chi connectivity index (χ1n) is 6.92. The van der Waals surface area contributed by atoms with E-state index >= 15 is 0 Å². The van der Waals surface area contributed by atoms with Gasteiger partial charge in [0.05, 0.1) is 9.16 Å². The second-order valence-corrected chi connectivity index (χ2v) is 8.47. The Labute approximate surface area is 139 Å². The topological polar surface area (TPSA) is 0 Å². The summed E-state index contributed by atoms with van der Waals surface area (Å²) >= 11 is 11.9. The average molecular weight is 372 g/mol. The molecule has 0 saturated carbocycles. The Bertz CT molecular complexity index is 586. The van der Waals surface area contributed by atoms with Gasteiger partial charge in [-0.2, -0.15) is 0 Å². The van der Waals surface area contributed by atoms with Crippen LogP contribution in [0.2, 0.25) is 0 Å². The van der Waals surface area contributed by atoms with Crippen molar-refractivity contribution < 1.29 is 0 Å². The van der Waals surface area contributed by atoms with Crippen LogP contribution in [0.4, 0.5) is 0 Å². The van der Waals surface area contributed by atoms with E-state index in [0.717, 1.165) is 3.79 Å². The summed E-state index contributed by atoms with van der Waals surface area (Å²) in [5.41, 5.74) is 5.14. The molecule has 1 unspecified atom stereocenters. The van der Waals surface area contributed by atoms with E-state index in [0.29, 0.717) is 11.8 Å². The molecule has 2 aromatic rings. The van der Waals surface area contributed by atoms with Crippen LogP contribution in [0.3, 0.4) is 0 Å². The van der Waals surface area contributed by atoms with E-state index in [1.807, 2.05) is 0 Å². The van der Waals surface area contributed by atoms with Gasteiger partial charge >= 0.3 is 0 Å². The van der Waals surface area contributed by atoms with Crippen molar-refractivity contribution in [1.82, 2.24) is 0 Å². The Balaban J connectivity index is 2.45. The maximum Gasteiger partial charge on any atom is 0.0846 e. The second kappa shape index (κ2) is 6.64. The molecule has 1 aromatic carbocycles. The normalized spacial score (nSPS) is 13.2. The van der Waals surface area contributed by atoms with Gasteiger partial charge in [0.15, 0.2) is 0 Å². The molecule has 2 rings (SSSR count). The summed E-state index contributed by atoms with van der Waals surface area (Å²) in [7, 11) is 0. The molecule has 0 saturated heterocycles. The zero-order chi connectivity index (χ0) is 14.9. The SMILES string of the molecule is CC(C)c1ccc(C(Cl)c2csc(Br)c2)c(C(C)C)c1. The largest absolute Gasteiger partial charge is 0.136 e. The van der Waals surface area contributed by atoms with Gasteiger partial charge in [-0.05, 0) is 61.5 Å². The number of rotatable bonds is 4. The van der Waals surface area contributed by atoms with Crippen LogP contribution in [0.1, 0.15) is 67.2 Å². The lowest BCUT2D eigenvalue weighted by Gasteiger charge is -2.19. The highest BCUT2D eigenvalue weighted by Gasteiger charge is 2.18. The molecule has 0 radical (unpaired) electrons. The highest BCUT2D eigenvalue weighted by Crippen LogP contribution is 2.38. The Morgan fingerprint density at radius 3 is 2.15 bits per heavy atom. The van der Waals surface area contributed by atoms with E-state index in [1.54, 1.807) is 11.3 Å². The minimum Gasteiger partial charge on any atom is -0.136 e. The van der Waals surface area contributed by atoms with Crippen LogP contribution in [-0.4, -0.2) is 0 Å². The van der Waals surface area contributed by atoms with E-state index in [9.17, 15) is 0 Å². The van der Waals surface area contributed by atoms with Crippen LogP contribution >= 0.6 is 38.9 Å². The van der Waals surface area contributed by atoms with Crippen molar-refractivity contribution >= 4 is 38.9 Å². The zero-order valence-electron chi connectivity index (χ0n) is 12.3. The monoisotopic (exact) mass is 370 g/mol. The van der Waals surface area contributed by atoms with Crippen molar-refractivity contribution in [2.75, 3.05) is 0 Å². The molecule has 1 aromatic heterocycles. The van der Waals surface area contributed by atoms with Crippen LogP contribution in [0.25, 0.3) is 0 Å². The highest BCUT2D eigenvalue weighted by molar-refractivity contribution is 9.11. The summed E-state index contributed by atoms with van der Waals surface area (Å²) in [4.78, 5) is 0. The first kappa shape index (κ1) is 16.1. The predicted octanol–water partition coefficient (Wildman–Crippen LogP) is 7.09. The summed E-state index contributed by atoms with van der Waals surface area (Å²) in [5.74, 6) is 1.03. The molecule has 0 spiro atoms. The zero-order valence-corrected chi connectivity index (χ0v) is 15.4. The first-order chi connectivity index (χ1) is 9.40. The third-order valence-corrected chi connectivity index (χ3v) is 5.56. The lowest BCUT2D eigenvalue weighted by atomic mass is 9.89. The minimum atomic E-state index is -0.0730. The highest BCUT2D eigenvalue weighted by atomic mass is 79.9.